The lowest BCUT2D eigenvalue weighted by Crippen LogP contribution is -2.58. The Morgan fingerprint density at radius 2 is 1.86 bits per heavy atom. The van der Waals surface area contributed by atoms with Crippen LogP contribution in [0.1, 0.15) is 44.6 Å². The quantitative estimate of drug-likeness (QED) is 0.518. The molecule has 0 radical (unpaired) electrons. The molecule has 2 aromatic rings. The monoisotopic (exact) mass is 488 g/mol. The number of likely N-dealkylation sites (N-methyl/N-ethyl adjacent to an activating group) is 1. The van der Waals surface area contributed by atoms with E-state index in [4.69, 9.17) is 0 Å². The SMILES string of the molecule is CN(C)C1CC2(O)CCC3=C(C=C2C(O)C1O)C(O)CC1(C)C(c2cccc4ncccc24)=CCC31. The molecule has 0 bridgehead atoms. The third kappa shape index (κ3) is 3.39. The molecule has 4 aliphatic rings. The topological polar surface area (TPSA) is 97.1 Å². The summed E-state index contributed by atoms with van der Waals surface area (Å²) in [6, 6.07) is 9.99. The molecule has 7 unspecified atom stereocenters. The summed E-state index contributed by atoms with van der Waals surface area (Å²) in [7, 11) is 3.73. The van der Waals surface area contributed by atoms with Crippen LogP contribution in [-0.4, -0.2) is 74.4 Å². The van der Waals surface area contributed by atoms with Gasteiger partial charge in [-0.15, -0.1) is 0 Å². The second kappa shape index (κ2) is 8.33. The van der Waals surface area contributed by atoms with Crippen LogP contribution < -0.4 is 0 Å². The number of aliphatic hydroxyl groups is 4. The number of allylic oxidation sites excluding steroid dienone is 3. The molecule has 0 aliphatic heterocycles. The molecule has 1 fully saturated rings. The van der Waals surface area contributed by atoms with Crippen molar-refractivity contribution in [2.24, 2.45) is 11.3 Å². The van der Waals surface area contributed by atoms with Crippen LogP contribution in [0.25, 0.3) is 16.5 Å². The normalized spacial score (nSPS) is 38.3. The van der Waals surface area contributed by atoms with Crippen molar-refractivity contribution in [3.8, 4) is 0 Å². The van der Waals surface area contributed by atoms with Crippen molar-refractivity contribution >= 4 is 16.5 Å². The summed E-state index contributed by atoms with van der Waals surface area (Å²) in [5.41, 5.74) is 4.40. The zero-order valence-electron chi connectivity index (χ0n) is 21.2. The second-order valence-electron chi connectivity index (χ2n) is 11.7. The highest BCUT2D eigenvalue weighted by molar-refractivity contribution is 5.93. The molecule has 6 rings (SSSR count). The first-order valence-corrected chi connectivity index (χ1v) is 13.1. The van der Waals surface area contributed by atoms with Crippen LogP contribution >= 0.6 is 0 Å². The van der Waals surface area contributed by atoms with Gasteiger partial charge in [-0.25, -0.2) is 0 Å². The standard InChI is InChI=1S/C30H36N2O4/c1-29-16-26(33)20-14-23-27(34)28(35)25(32(2)3)15-30(23,36)12-11-18(20)22(29)10-9-21(29)17-6-4-8-24-19(17)7-5-13-31-24/h4-9,13-14,22,25-28,33-36H,10-12,15-16H2,1-3H3. The number of fused-ring (bicyclic) bond motifs is 4. The fourth-order valence-electron chi connectivity index (χ4n) is 7.60. The van der Waals surface area contributed by atoms with Crippen molar-refractivity contribution in [3.05, 3.63) is 71.0 Å². The average molecular weight is 489 g/mol. The van der Waals surface area contributed by atoms with Crippen LogP contribution in [0.5, 0.6) is 0 Å². The van der Waals surface area contributed by atoms with Crippen molar-refractivity contribution in [1.29, 1.82) is 0 Å². The first-order valence-electron chi connectivity index (χ1n) is 13.1. The number of hydrogen-bond donors (Lipinski definition) is 4. The minimum absolute atomic E-state index is 0.213. The Labute approximate surface area is 212 Å². The van der Waals surface area contributed by atoms with Gasteiger partial charge in [0.05, 0.1) is 23.3 Å². The highest BCUT2D eigenvalue weighted by Gasteiger charge is 2.53. The van der Waals surface area contributed by atoms with E-state index in [2.05, 4.69) is 36.2 Å². The molecule has 1 saturated carbocycles. The van der Waals surface area contributed by atoms with Crippen molar-refractivity contribution in [2.45, 2.75) is 69.0 Å². The van der Waals surface area contributed by atoms with Gasteiger partial charge in [0.1, 0.15) is 6.10 Å². The summed E-state index contributed by atoms with van der Waals surface area (Å²) in [6.07, 6.45) is 6.04. The van der Waals surface area contributed by atoms with Gasteiger partial charge in [0.2, 0.25) is 0 Å². The predicted octanol–water partition coefficient (Wildman–Crippen LogP) is 3.21. The van der Waals surface area contributed by atoms with E-state index in [0.29, 0.717) is 31.3 Å². The number of nitrogens with zero attached hydrogens (tertiary/aromatic N) is 2. The molecule has 6 heteroatoms. The summed E-state index contributed by atoms with van der Waals surface area (Å²) in [5.74, 6) is 0.213. The Morgan fingerprint density at radius 1 is 1.06 bits per heavy atom. The Balaban J connectivity index is 1.40. The molecule has 7 atom stereocenters. The van der Waals surface area contributed by atoms with E-state index in [1.807, 2.05) is 43.4 Å². The first kappa shape index (κ1) is 24.0. The zero-order valence-corrected chi connectivity index (χ0v) is 21.2. The fraction of sp³-hybridized carbons (Fsp3) is 0.500. The predicted molar refractivity (Wildman–Crippen MR) is 140 cm³/mol. The fourth-order valence-corrected chi connectivity index (χ4v) is 7.60. The Kier molecular flexibility index (Phi) is 5.56. The van der Waals surface area contributed by atoms with Crippen molar-refractivity contribution in [3.63, 3.8) is 0 Å². The van der Waals surface area contributed by atoms with E-state index in [9.17, 15) is 20.4 Å². The number of aromatic nitrogens is 1. The maximum atomic E-state index is 11.8. The third-order valence-electron chi connectivity index (χ3n) is 9.55. The Morgan fingerprint density at radius 3 is 2.64 bits per heavy atom. The molecule has 4 N–H and O–H groups in total. The van der Waals surface area contributed by atoms with Gasteiger partial charge >= 0.3 is 0 Å². The maximum absolute atomic E-state index is 11.8. The molecule has 1 aromatic heterocycles. The largest absolute Gasteiger partial charge is 0.388 e. The number of aliphatic hydroxyl groups excluding tert-OH is 3. The average Bonchev–Trinajstić information content (AvgIpc) is 3.09. The number of rotatable bonds is 2. The van der Waals surface area contributed by atoms with Gasteiger partial charge in [0, 0.05) is 23.0 Å². The summed E-state index contributed by atoms with van der Waals surface area (Å²) in [4.78, 5) is 6.42. The second-order valence-corrected chi connectivity index (χ2v) is 11.7. The molecule has 36 heavy (non-hydrogen) atoms. The minimum Gasteiger partial charge on any atom is -0.388 e. The van der Waals surface area contributed by atoms with Gasteiger partial charge in [0.25, 0.3) is 0 Å². The van der Waals surface area contributed by atoms with Crippen molar-refractivity contribution in [2.75, 3.05) is 14.1 Å². The minimum atomic E-state index is -1.21. The summed E-state index contributed by atoms with van der Waals surface area (Å²) >= 11 is 0. The highest BCUT2D eigenvalue weighted by atomic mass is 16.3. The lowest BCUT2D eigenvalue weighted by molar-refractivity contribution is -0.0922. The molecular weight excluding hydrogens is 452 g/mol. The molecule has 1 aromatic carbocycles. The van der Waals surface area contributed by atoms with Gasteiger partial charge in [-0.05, 0) is 86.5 Å². The lowest BCUT2D eigenvalue weighted by Gasteiger charge is -2.46. The van der Waals surface area contributed by atoms with E-state index in [0.717, 1.165) is 22.9 Å². The number of hydrogen-bond acceptors (Lipinski definition) is 6. The van der Waals surface area contributed by atoms with Crippen molar-refractivity contribution < 1.29 is 20.4 Å². The van der Waals surface area contributed by atoms with E-state index in [1.54, 1.807) is 0 Å². The van der Waals surface area contributed by atoms with Crippen LogP contribution in [-0.2, 0) is 0 Å². The summed E-state index contributed by atoms with van der Waals surface area (Å²) in [5, 5.41) is 46.3. The van der Waals surface area contributed by atoms with E-state index in [1.165, 1.54) is 16.7 Å². The lowest BCUT2D eigenvalue weighted by atomic mass is 9.61. The molecule has 6 nitrogen and oxygen atoms in total. The number of benzene rings is 1. The van der Waals surface area contributed by atoms with Gasteiger partial charge in [-0.2, -0.15) is 0 Å². The van der Waals surface area contributed by atoms with Crippen LogP contribution in [0, 0.1) is 11.3 Å². The van der Waals surface area contributed by atoms with Gasteiger partial charge in [-0.3, -0.25) is 4.98 Å². The molecule has 0 spiro atoms. The number of pyridine rings is 1. The van der Waals surface area contributed by atoms with Crippen LogP contribution in [0.4, 0.5) is 0 Å². The molecule has 0 saturated heterocycles. The molecule has 0 amide bonds. The molecular formula is C30H36N2O4. The van der Waals surface area contributed by atoms with Crippen LogP contribution in [0.3, 0.4) is 0 Å². The van der Waals surface area contributed by atoms with Gasteiger partial charge in [-0.1, -0.05) is 42.8 Å². The molecule has 190 valence electrons. The molecule has 4 aliphatic carbocycles. The van der Waals surface area contributed by atoms with E-state index in [-0.39, 0.29) is 17.4 Å². The highest BCUT2D eigenvalue weighted by Crippen LogP contribution is 2.60. The summed E-state index contributed by atoms with van der Waals surface area (Å²) in [6.45, 7) is 2.26. The van der Waals surface area contributed by atoms with E-state index < -0.39 is 23.9 Å². The van der Waals surface area contributed by atoms with Crippen LogP contribution in [0.2, 0.25) is 0 Å². The summed E-state index contributed by atoms with van der Waals surface area (Å²) < 4.78 is 0. The Bertz CT molecular complexity index is 1310. The van der Waals surface area contributed by atoms with Crippen molar-refractivity contribution in [1.82, 2.24) is 9.88 Å². The Hall–Kier alpha value is -2.35. The van der Waals surface area contributed by atoms with Crippen LogP contribution in [0.15, 0.2) is 65.4 Å². The van der Waals surface area contributed by atoms with Gasteiger partial charge in [0.15, 0.2) is 0 Å². The molecule has 1 heterocycles. The first-order chi connectivity index (χ1) is 17.1. The maximum Gasteiger partial charge on any atom is 0.105 e. The third-order valence-corrected chi connectivity index (χ3v) is 9.55. The van der Waals surface area contributed by atoms with E-state index >= 15 is 0 Å². The smallest absolute Gasteiger partial charge is 0.105 e. The zero-order chi connectivity index (χ0) is 25.4. The van der Waals surface area contributed by atoms with Gasteiger partial charge < -0.3 is 25.3 Å².